The molecule has 1 saturated heterocycles. The quantitative estimate of drug-likeness (QED) is 0.495. The third-order valence-electron chi connectivity index (χ3n) is 5.80. The molecule has 0 amide bonds. The predicted molar refractivity (Wildman–Crippen MR) is 124 cm³/mol. The van der Waals surface area contributed by atoms with Crippen LogP contribution in [0, 0.1) is 22.7 Å². The lowest BCUT2D eigenvalue weighted by molar-refractivity contribution is 0.423. The Balaban J connectivity index is 0.00000259. The number of fused-ring (bicyclic) bond motifs is 1. The molecule has 0 radical (unpaired) electrons. The fourth-order valence-corrected chi connectivity index (χ4v) is 5.26. The summed E-state index contributed by atoms with van der Waals surface area (Å²) in [7, 11) is 0. The molecule has 0 bridgehead atoms. The van der Waals surface area contributed by atoms with Gasteiger partial charge in [0, 0.05) is 46.8 Å². The lowest BCUT2D eigenvalue weighted by atomic mass is 10.0. The van der Waals surface area contributed by atoms with Crippen LogP contribution in [0.25, 0.3) is 16.6 Å². The van der Waals surface area contributed by atoms with Gasteiger partial charge < -0.3 is 5.32 Å². The van der Waals surface area contributed by atoms with E-state index in [2.05, 4.69) is 53.8 Å². The van der Waals surface area contributed by atoms with Crippen LogP contribution in [0.4, 0.5) is 0 Å². The molecule has 1 aliphatic rings. The van der Waals surface area contributed by atoms with Crippen molar-refractivity contribution in [1.29, 1.82) is 10.5 Å². The molecule has 0 spiro atoms. The molecule has 4 heterocycles. The van der Waals surface area contributed by atoms with Crippen molar-refractivity contribution >= 4 is 17.3 Å². The molecular formula is C24H23N7S. The summed E-state index contributed by atoms with van der Waals surface area (Å²) < 4.78 is 3.77. The van der Waals surface area contributed by atoms with Crippen molar-refractivity contribution in [2.75, 3.05) is 6.54 Å². The van der Waals surface area contributed by atoms with Gasteiger partial charge in [-0.15, -0.1) is 0 Å². The largest absolute Gasteiger partial charge is 0.310 e. The highest BCUT2D eigenvalue weighted by Gasteiger charge is 2.31. The van der Waals surface area contributed by atoms with E-state index in [1.54, 1.807) is 16.8 Å². The van der Waals surface area contributed by atoms with Crippen LogP contribution >= 0.6 is 11.8 Å². The van der Waals surface area contributed by atoms with Gasteiger partial charge in [0.15, 0.2) is 0 Å². The molecule has 1 aliphatic heterocycles. The maximum absolute atomic E-state index is 9.58. The number of nitrogens with zero attached hydrogens (tertiary/aromatic N) is 6. The second kappa shape index (κ2) is 7.83. The Morgan fingerprint density at radius 2 is 1.88 bits per heavy atom. The number of pyridine rings is 1. The van der Waals surface area contributed by atoms with E-state index in [-0.39, 0.29) is 6.97 Å². The van der Waals surface area contributed by atoms with Gasteiger partial charge in [-0.25, -0.2) is 4.52 Å². The predicted octanol–water partition coefficient (Wildman–Crippen LogP) is 4.65. The molecule has 1 atom stereocenters. The topological polar surface area (TPSA) is 94.7 Å². The van der Waals surface area contributed by atoms with Crippen molar-refractivity contribution in [2.24, 2.45) is 0 Å². The molecule has 4 aromatic rings. The Morgan fingerprint density at radius 1 is 1.06 bits per heavy atom. The van der Waals surface area contributed by atoms with E-state index in [1.165, 1.54) is 11.8 Å². The Hall–Kier alpha value is -3.59. The van der Waals surface area contributed by atoms with Gasteiger partial charge in [-0.2, -0.15) is 20.7 Å². The third-order valence-corrected chi connectivity index (χ3v) is 6.90. The highest BCUT2D eigenvalue weighted by Crippen LogP contribution is 2.37. The zero-order chi connectivity index (χ0) is 22.3. The minimum absolute atomic E-state index is 0. The lowest BCUT2D eigenvalue weighted by Gasteiger charge is -2.17. The molecule has 1 aromatic carbocycles. The van der Waals surface area contributed by atoms with Crippen LogP contribution < -0.4 is 5.32 Å². The van der Waals surface area contributed by atoms with E-state index in [4.69, 9.17) is 0 Å². The number of aromatic nitrogens is 4. The van der Waals surface area contributed by atoms with Gasteiger partial charge >= 0.3 is 0 Å². The maximum Gasteiger partial charge on any atom is 0.103 e. The Morgan fingerprint density at radius 3 is 2.62 bits per heavy atom. The number of benzene rings is 1. The summed E-state index contributed by atoms with van der Waals surface area (Å²) in [4.78, 5) is 1.71. The normalized spacial score (nSPS) is 17.3. The maximum atomic E-state index is 9.58. The van der Waals surface area contributed by atoms with E-state index in [0.717, 1.165) is 39.4 Å². The summed E-state index contributed by atoms with van der Waals surface area (Å²) in [6.45, 7) is 5.31. The number of nitriles is 2. The first-order valence-corrected chi connectivity index (χ1v) is 11.2. The third kappa shape index (κ3) is 3.64. The first-order chi connectivity index (χ1) is 15.5. The Labute approximate surface area is 191 Å². The summed E-state index contributed by atoms with van der Waals surface area (Å²) >= 11 is 1.47. The van der Waals surface area contributed by atoms with Crippen LogP contribution in [0.5, 0.6) is 0 Å². The summed E-state index contributed by atoms with van der Waals surface area (Å²) in [6.07, 6.45) is 8.47. The molecule has 1 N–H and O–H groups in total. The summed E-state index contributed by atoms with van der Waals surface area (Å²) in [6, 6.07) is 14.3. The van der Waals surface area contributed by atoms with E-state index < -0.39 is 0 Å². The van der Waals surface area contributed by atoms with Crippen LogP contribution in [0.3, 0.4) is 0 Å². The van der Waals surface area contributed by atoms with Crippen molar-refractivity contribution in [1.82, 2.24) is 24.7 Å². The average Bonchev–Trinajstić information content (AvgIpc) is 3.51. The fourth-order valence-electron chi connectivity index (χ4n) is 4.17. The molecule has 32 heavy (non-hydrogen) atoms. The second-order valence-corrected chi connectivity index (χ2v) is 9.68. The number of hydrogen-bond acceptors (Lipinski definition) is 6. The molecule has 5 rings (SSSR count). The van der Waals surface area contributed by atoms with Gasteiger partial charge in [0.1, 0.15) is 12.1 Å². The van der Waals surface area contributed by atoms with Crippen LogP contribution in [0.1, 0.15) is 38.9 Å². The molecule has 3 aromatic heterocycles. The summed E-state index contributed by atoms with van der Waals surface area (Å²) in [5.41, 5.74) is 3.89. The molecule has 7 nitrogen and oxygen atoms in total. The second-order valence-electron chi connectivity index (χ2n) is 8.60. The zero-order valence-corrected chi connectivity index (χ0v) is 18.6. The van der Waals surface area contributed by atoms with E-state index in [9.17, 15) is 10.5 Å². The smallest absolute Gasteiger partial charge is 0.103 e. The van der Waals surface area contributed by atoms with Gasteiger partial charge in [-0.05, 0) is 38.5 Å². The van der Waals surface area contributed by atoms with Gasteiger partial charge in [0.25, 0.3) is 0 Å². The minimum Gasteiger partial charge on any atom is -0.310 e. The van der Waals surface area contributed by atoms with Gasteiger partial charge in [0.2, 0.25) is 0 Å². The van der Waals surface area contributed by atoms with Crippen molar-refractivity contribution in [3.05, 3.63) is 66.2 Å². The highest BCUT2D eigenvalue weighted by atomic mass is 32.2. The first-order valence-electron chi connectivity index (χ1n) is 10.4. The molecule has 160 valence electrons. The lowest BCUT2D eigenvalue weighted by Crippen LogP contribution is -2.31. The van der Waals surface area contributed by atoms with Crippen molar-refractivity contribution in [3.8, 4) is 23.3 Å². The van der Waals surface area contributed by atoms with Crippen molar-refractivity contribution in [2.45, 2.75) is 41.6 Å². The Kier molecular flexibility index (Phi) is 4.97. The molecule has 0 aliphatic carbocycles. The summed E-state index contributed by atoms with van der Waals surface area (Å²) in [5.74, 6) is 0. The van der Waals surface area contributed by atoms with Crippen LogP contribution in [0.2, 0.25) is 0 Å². The number of rotatable bonds is 4. The first kappa shape index (κ1) is 20.3. The van der Waals surface area contributed by atoms with E-state index >= 15 is 0 Å². The standard InChI is InChI=1S/C24H21N7S.H2/c1-24(2)8-20(13-27-24)30-15-19(12-28-30)17-7-22(23-18(10-26)11-29-31(23)14-17)32-21-6-4-3-5-16(21)9-25;/h3-7,11-12,14-15,20,27H,8,13H2,1-2H3;1H/t20-;/m0./s1. The number of nitrogens with one attached hydrogen (secondary N) is 1. The van der Waals surface area contributed by atoms with Gasteiger partial charge in [0.05, 0.1) is 35.1 Å². The summed E-state index contributed by atoms with van der Waals surface area (Å²) in [5, 5.41) is 31.7. The average molecular weight is 442 g/mol. The van der Waals surface area contributed by atoms with Crippen LogP contribution in [-0.2, 0) is 0 Å². The van der Waals surface area contributed by atoms with Gasteiger partial charge in [-0.3, -0.25) is 4.68 Å². The molecular weight excluding hydrogens is 418 g/mol. The van der Waals surface area contributed by atoms with E-state index in [1.807, 2.05) is 35.3 Å². The van der Waals surface area contributed by atoms with Crippen molar-refractivity contribution < 1.29 is 1.43 Å². The molecule has 1 fully saturated rings. The molecule has 0 saturated carbocycles. The SMILES string of the molecule is CC1(C)C[C@H](n2cc(-c3cc(Sc4ccccc4C#N)c4c(C#N)cnn4c3)cn2)CN1.[HH]. The molecule has 8 heteroatoms. The fraction of sp³-hybridized carbons (Fsp3) is 0.250. The van der Waals surface area contributed by atoms with Crippen LogP contribution in [-0.4, -0.2) is 31.5 Å². The molecule has 0 unspecified atom stereocenters. The van der Waals surface area contributed by atoms with E-state index in [0.29, 0.717) is 17.2 Å². The highest BCUT2D eigenvalue weighted by molar-refractivity contribution is 7.99. The van der Waals surface area contributed by atoms with Crippen LogP contribution in [0.15, 0.2) is 64.9 Å². The van der Waals surface area contributed by atoms with Crippen molar-refractivity contribution in [3.63, 3.8) is 0 Å². The number of hydrogen-bond donors (Lipinski definition) is 1. The monoisotopic (exact) mass is 441 g/mol. The van der Waals surface area contributed by atoms with Gasteiger partial charge in [-0.1, -0.05) is 23.9 Å². The Bertz CT molecular complexity index is 1410. The minimum atomic E-state index is 0. The zero-order valence-electron chi connectivity index (χ0n) is 17.8.